The van der Waals surface area contributed by atoms with Crippen LogP contribution in [0, 0.1) is 0 Å². The van der Waals surface area contributed by atoms with Crippen LogP contribution in [0.25, 0.3) is 0 Å². The normalized spacial score (nSPS) is 17.1. The van der Waals surface area contributed by atoms with Gasteiger partial charge in [-0.25, -0.2) is 0 Å². The second kappa shape index (κ2) is 7.95. The highest BCUT2D eigenvalue weighted by Gasteiger charge is 2.23. The first-order chi connectivity index (χ1) is 9.20. The first-order valence-electron chi connectivity index (χ1n) is 7.01. The zero-order valence-corrected chi connectivity index (χ0v) is 12.7. The molecule has 0 fully saturated rings. The maximum atomic E-state index is 12.3. The Hall–Kier alpha value is -1.48. The molecule has 0 aliphatic carbocycles. The fraction of sp³-hybridized carbons (Fsp3) is 0.438. The lowest BCUT2D eigenvalue weighted by molar-refractivity contribution is -0.130. The van der Waals surface area contributed by atoms with Crippen molar-refractivity contribution >= 4 is 24.0 Å². The van der Waals surface area contributed by atoms with E-state index in [-0.39, 0.29) is 18.3 Å². The smallest absolute Gasteiger partial charge is 0.227 e. The van der Waals surface area contributed by atoms with Crippen molar-refractivity contribution in [2.75, 3.05) is 12.3 Å². The Morgan fingerprint density at radius 1 is 1.35 bits per heavy atom. The summed E-state index contributed by atoms with van der Waals surface area (Å²) in [5.74, 6) is 0.205. The van der Waals surface area contributed by atoms with Crippen LogP contribution in [0.3, 0.4) is 0 Å². The molecule has 1 heterocycles. The maximum absolute atomic E-state index is 12.3. The van der Waals surface area contributed by atoms with Crippen molar-refractivity contribution in [2.24, 2.45) is 0 Å². The van der Waals surface area contributed by atoms with Crippen molar-refractivity contribution in [1.29, 1.82) is 0 Å². The Morgan fingerprint density at radius 2 is 2.05 bits per heavy atom. The van der Waals surface area contributed by atoms with E-state index >= 15 is 0 Å². The number of unbranched alkanes of at least 4 members (excludes halogenated alkanes) is 1. The number of amides is 1. The van der Waals surface area contributed by atoms with Crippen LogP contribution in [0.1, 0.15) is 31.7 Å². The average Bonchev–Trinajstić information content (AvgIpc) is 2.87. The van der Waals surface area contributed by atoms with E-state index in [2.05, 4.69) is 19.1 Å². The van der Waals surface area contributed by atoms with Gasteiger partial charge in [0.2, 0.25) is 5.91 Å². The fourth-order valence-electron chi connectivity index (χ4n) is 2.43. The minimum absolute atomic E-state index is 0. The first-order valence-corrected chi connectivity index (χ1v) is 7.01. The molecule has 3 nitrogen and oxygen atoms in total. The molecule has 1 aliphatic rings. The molecule has 2 N–H and O–H groups in total. The Kier molecular flexibility index (Phi) is 6.59. The van der Waals surface area contributed by atoms with Crippen LogP contribution in [0.15, 0.2) is 36.4 Å². The largest absolute Gasteiger partial charge is 0.399 e. The van der Waals surface area contributed by atoms with Gasteiger partial charge in [0.1, 0.15) is 0 Å². The summed E-state index contributed by atoms with van der Waals surface area (Å²) in [6.07, 6.45) is 8.13. The van der Waals surface area contributed by atoms with Crippen LogP contribution in [-0.4, -0.2) is 23.4 Å². The molecule has 0 radical (unpaired) electrons. The van der Waals surface area contributed by atoms with Gasteiger partial charge in [-0.3, -0.25) is 4.79 Å². The third-order valence-electron chi connectivity index (χ3n) is 3.57. The molecule has 0 saturated carbocycles. The Morgan fingerprint density at radius 3 is 2.70 bits per heavy atom. The number of anilines is 1. The number of halogens is 1. The van der Waals surface area contributed by atoms with E-state index in [1.807, 2.05) is 29.2 Å². The van der Waals surface area contributed by atoms with Gasteiger partial charge in [-0.05, 0) is 24.1 Å². The van der Waals surface area contributed by atoms with E-state index in [4.69, 9.17) is 5.73 Å². The van der Waals surface area contributed by atoms with Crippen molar-refractivity contribution in [3.8, 4) is 0 Å². The lowest BCUT2D eigenvalue weighted by atomic mass is 10.1. The summed E-state index contributed by atoms with van der Waals surface area (Å²) in [6, 6.07) is 7.84. The number of hydrogen-bond donors (Lipinski definition) is 1. The fourth-order valence-corrected chi connectivity index (χ4v) is 2.43. The van der Waals surface area contributed by atoms with Crippen LogP contribution < -0.4 is 5.73 Å². The van der Waals surface area contributed by atoms with Gasteiger partial charge in [-0.15, -0.1) is 12.4 Å². The van der Waals surface area contributed by atoms with E-state index in [1.165, 1.54) is 12.8 Å². The van der Waals surface area contributed by atoms with Gasteiger partial charge in [0, 0.05) is 12.2 Å². The molecule has 4 heteroatoms. The summed E-state index contributed by atoms with van der Waals surface area (Å²) in [4.78, 5) is 14.3. The molecule has 1 unspecified atom stereocenters. The van der Waals surface area contributed by atoms with Gasteiger partial charge in [0.05, 0.1) is 12.5 Å². The minimum Gasteiger partial charge on any atom is -0.399 e. The van der Waals surface area contributed by atoms with E-state index in [1.54, 1.807) is 0 Å². The molecular weight excluding hydrogens is 272 g/mol. The third kappa shape index (κ3) is 4.27. The topological polar surface area (TPSA) is 46.3 Å². The third-order valence-corrected chi connectivity index (χ3v) is 3.57. The van der Waals surface area contributed by atoms with Gasteiger partial charge in [0.15, 0.2) is 0 Å². The molecule has 20 heavy (non-hydrogen) atoms. The molecule has 0 bridgehead atoms. The maximum Gasteiger partial charge on any atom is 0.227 e. The number of nitrogens with zero attached hydrogens (tertiary/aromatic N) is 1. The monoisotopic (exact) mass is 294 g/mol. The minimum atomic E-state index is 0. The van der Waals surface area contributed by atoms with E-state index in [0.717, 1.165) is 24.2 Å². The predicted octanol–water partition coefficient (Wildman–Crippen LogP) is 3.19. The molecule has 1 aromatic carbocycles. The van der Waals surface area contributed by atoms with E-state index in [0.29, 0.717) is 12.5 Å². The quantitative estimate of drug-likeness (QED) is 0.669. The van der Waals surface area contributed by atoms with Crippen LogP contribution in [-0.2, 0) is 11.2 Å². The summed E-state index contributed by atoms with van der Waals surface area (Å²) in [5, 5.41) is 0. The van der Waals surface area contributed by atoms with Crippen molar-refractivity contribution in [1.82, 2.24) is 4.90 Å². The van der Waals surface area contributed by atoms with Gasteiger partial charge in [-0.2, -0.15) is 0 Å². The Balaban J connectivity index is 0.00000200. The van der Waals surface area contributed by atoms with Gasteiger partial charge in [0.25, 0.3) is 0 Å². The molecule has 1 aliphatic heterocycles. The number of nitrogens with two attached hydrogens (primary N) is 1. The second-order valence-corrected chi connectivity index (χ2v) is 5.10. The van der Waals surface area contributed by atoms with Crippen molar-refractivity contribution in [2.45, 2.75) is 38.6 Å². The molecule has 1 atom stereocenters. The van der Waals surface area contributed by atoms with Crippen molar-refractivity contribution < 1.29 is 4.79 Å². The molecular formula is C16H23ClN2O. The predicted molar refractivity (Wildman–Crippen MR) is 86.0 cm³/mol. The molecule has 110 valence electrons. The zero-order valence-electron chi connectivity index (χ0n) is 11.9. The molecule has 0 aromatic heterocycles. The summed E-state index contributed by atoms with van der Waals surface area (Å²) in [5.41, 5.74) is 7.42. The highest BCUT2D eigenvalue weighted by Crippen LogP contribution is 2.18. The summed E-state index contributed by atoms with van der Waals surface area (Å²) in [7, 11) is 0. The van der Waals surface area contributed by atoms with E-state index in [9.17, 15) is 4.79 Å². The van der Waals surface area contributed by atoms with Crippen molar-refractivity contribution in [3.05, 3.63) is 42.0 Å². The Bertz CT molecular complexity index is 456. The summed E-state index contributed by atoms with van der Waals surface area (Å²) >= 11 is 0. The summed E-state index contributed by atoms with van der Waals surface area (Å²) < 4.78 is 0. The molecule has 2 rings (SSSR count). The van der Waals surface area contributed by atoms with Gasteiger partial charge >= 0.3 is 0 Å². The average molecular weight is 295 g/mol. The number of benzene rings is 1. The number of carbonyl (C=O) groups excluding carboxylic acids is 1. The molecule has 0 spiro atoms. The number of nitrogen functional groups attached to an aromatic ring is 1. The van der Waals surface area contributed by atoms with Crippen LogP contribution in [0.5, 0.6) is 0 Å². The molecule has 1 aromatic rings. The first kappa shape index (κ1) is 16.6. The summed E-state index contributed by atoms with van der Waals surface area (Å²) in [6.45, 7) is 2.93. The van der Waals surface area contributed by atoms with Gasteiger partial charge < -0.3 is 10.6 Å². The lowest BCUT2D eigenvalue weighted by Gasteiger charge is -2.24. The lowest BCUT2D eigenvalue weighted by Crippen LogP contribution is -2.37. The van der Waals surface area contributed by atoms with Crippen LogP contribution in [0.4, 0.5) is 5.69 Å². The zero-order chi connectivity index (χ0) is 13.7. The van der Waals surface area contributed by atoms with E-state index < -0.39 is 0 Å². The Labute approximate surface area is 127 Å². The number of rotatable bonds is 5. The second-order valence-electron chi connectivity index (χ2n) is 5.10. The van der Waals surface area contributed by atoms with Gasteiger partial charge in [-0.1, -0.05) is 44.1 Å². The standard InChI is InChI=1S/C16H22N2O.ClH/c1-2-3-5-15-6-4-11-18(15)16(19)12-13-7-9-14(17)10-8-13;/h4,6-10,15H,2-3,5,11-12,17H2,1H3;1H. The number of carbonyl (C=O) groups is 1. The highest BCUT2D eigenvalue weighted by atomic mass is 35.5. The molecule has 1 amide bonds. The SMILES string of the molecule is CCCCC1C=CCN1C(=O)Cc1ccc(N)cc1.Cl. The van der Waals surface area contributed by atoms with Crippen molar-refractivity contribution in [3.63, 3.8) is 0 Å². The highest BCUT2D eigenvalue weighted by molar-refractivity contribution is 5.85. The number of hydrogen-bond acceptors (Lipinski definition) is 2. The molecule has 0 saturated heterocycles. The van der Waals surface area contributed by atoms with Crippen LogP contribution in [0.2, 0.25) is 0 Å². The van der Waals surface area contributed by atoms with Crippen LogP contribution >= 0.6 is 12.4 Å².